The van der Waals surface area contributed by atoms with E-state index < -0.39 is 0 Å². The summed E-state index contributed by atoms with van der Waals surface area (Å²) in [5.74, 6) is 0. The Morgan fingerprint density at radius 1 is 1.42 bits per heavy atom. The summed E-state index contributed by atoms with van der Waals surface area (Å²) in [7, 11) is 3.98. The van der Waals surface area contributed by atoms with Crippen LogP contribution in [0.25, 0.3) is 0 Å². The van der Waals surface area contributed by atoms with E-state index in [0.29, 0.717) is 0 Å². The average Bonchev–Trinajstić information content (AvgIpc) is 2.05. The van der Waals surface area contributed by atoms with Crippen LogP contribution >= 0.6 is 0 Å². The lowest BCUT2D eigenvalue weighted by Crippen LogP contribution is -2.10. The summed E-state index contributed by atoms with van der Waals surface area (Å²) in [5.41, 5.74) is 2.17. The molecule has 12 heavy (non-hydrogen) atoms. The molecule has 0 aromatic carbocycles. The van der Waals surface area contributed by atoms with E-state index in [2.05, 4.69) is 26.2 Å². The van der Waals surface area contributed by atoms with Gasteiger partial charge in [-0.05, 0) is 12.0 Å². The maximum Gasteiger partial charge on any atom is 0.0358 e. The number of nitrogens with zero attached hydrogens (tertiary/aromatic N) is 1. The van der Waals surface area contributed by atoms with Gasteiger partial charge in [0.05, 0.1) is 0 Å². The van der Waals surface area contributed by atoms with Crippen molar-refractivity contribution in [3.05, 3.63) is 36.6 Å². The third-order valence-electron chi connectivity index (χ3n) is 1.75. The van der Waals surface area contributed by atoms with Crippen LogP contribution < -0.4 is 0 Å². The fourth-order valence-corrected chi connectivity index (χ4v) is 0.877. The second-order valence-corrected chi connectivity index (χ2v) is 2.99. The van der Waals surface area contributed by atoms with E-state index in [-0.39, 0.29) is 0 Å². The largest absolute Gasteiger partial charge is 0.378 e. The van der Waals surface area contributed by atoms with E-state index in [1.807, 2.05) is 25.1 Å². The van der Waals surface area contributed by atoms with Gasteiger partial charge in [0.2, 0.25) is 0 Å². The zero-order valence-corrected chi connectivity index (χ0v) is 8.43. The Bertz CT molecular complexity index is 187. The van der Waals surface area contributed by atoms with Crippen LogP contribution in [0.4, 0.5) is 0 Å². The highest BCUT2D eigenvalue weighted by atomic mass is 15.1. The normalized spacial score (nSPS) is 11.1. The van der Waals surface area contributed by atoms with Crippen LogP contribution in [0.3, 0.4) is 0 Å². The van der Waals surface area contributed by atoms with Crippen LogP contribution in [-0.2, 0) is 0 Å². The molecule has 0 amide bonds. The molecule has 0 atom stereocenters. The zero-order chi connectivity index (χ0) is 9.56. The molecule has 0 aromatic heterocycles. The first-order valence-electron chi connectivity index (χ1n) is 4.32. The summed E-state index contributed by atoms with van der Waals surface area (Å²) in [4.78, 5) is 2.00. The summed E-state index contributed by atoms with van der Waals surface area (Å²) in [6.45, 7) is 9.89. The summed E-state index contributed by atoms with van der Waals surface area (Å²) >= 11 is 0. The Hall–Kier alpha value is -0.980. The Balaban J connectivity index is 4.34. The number of hydrogen-bond donors (Lipinski definition) is 0. The fourth-order valence-electron chi connectivity index (χ4n) is 0.877. The van der Waals surface area contributed by atoms with Crippen molar-refractivity contribution in [1.82, 2.24) is 4.90 Å². The van der Waals surface area contributed by atoms with Crippen molar-refractivity contribution in [2.24, 2.45) is 0 Å². The van der Waals surface area contributed by atoms with Crippen molar-refractivity contribution in [2.45, 2.75) is 19.8 Å². The van der Waals surface area contributed by atoms with Crippen molar-refractivity contribution in [2.75, 3.05) is 14.1 Å². The van der Waals surface area contributed by atoms with Gasteiger partial charge < -0.3 is 4.90 Å². The molecular formula is C11H19N. The van der Waals surface area contributed by atoms with Crippen LogP contribution in [-0.4, -0.2) is 19.0 Å². The molecule has 0 radical (unpaired) electrons. The highest BCUT2D eigenvalue weighted by Crippen LogP contribution is 2.12. The predicted octanol–water partition coefficient (Wildman–Crippen LogP) is 2.97. The number of allylic oxidation sites excluding steroid dienone is 2. The topological polar surface area (TPSA) is 3.24 Å². The lowest BCUT2D eigenvalue weighted by molar-refractivity contribution is 0.526. The monoisotopic (exact) mass is 165 g/mol. The molecule has 0 saturated carbocycles. The number of rotatable bonds is 5. The van der Waals surface area contributed by atoms with Crippen molar-refractivity contribution in [1.29, 1.82) is 0 Å². The Kier molecular flexibility index (Phi) is 5.18. The molecule has 0 heterocycles. The second kappa shape index (κ2) is 5.64. The van der Waals surface area contributed by atoms with Crippen molar-refractivity contribution in [3.63, 3.8) is 0 Å². The zero-order valence-electron chi connectivity index (χ0n) is 8.43. The van der Waals surface area contributed by atoms with E-state index in [0.717, 1.165) is 24.1 Å². The molecule has 0 aliphatic carbocycles. The molecule has 0 N–H and O–H groups in total. The van der Waals surface area contributed by atoms with E-state index in [1.165, 1.54) is 0 Å². The van der Waals surface area contributed by atoms with Crippen LogP contribution in [0.2, 0.25) is 0 Å². The summed E-state index contributed by atoms with van der Waals surface area (Å²) in [6.07, 6.45) is 6.29. The predicted molar refractivity (Wildman–Crippen MR) is 56.0 cm³/mol. The molecule has 0 rings (SSSR count). The van der Waals surface area contributed by atoms with Gasteiger partial charge in [0, 0.05) is 19.8 Å². The van der Waals surface area contributed by atoms with Crippen LogP contribution in [0, 0.1) is 0 Å². The summed E-state index contributed by atoms with van der Waals surface area (Å²) in [5, 5.41) is 0. The minimum atomic E-state index is 1.03. The molecule has 0 unspecified atom stereocenters. The minimum Gasteiger partial charge on any atom is -0.378 e. The lowest BCUT2D eigenvalue weighted by atomic mass is 10.1. The molecule has 0 aliphatic rings. The van der Waals surface area contributed by atoms with Crippen LogP contribution in [0.5, 0.6) is 0 Å². The SMILES string of the molecule is C=C/C(=C\CCC)C(=C)N(C)C. The van der Waals surface area contributed by atoms with Crippen LogP contribution in [0.1, 0.15) is 19.8 Å². The van der Waals surface area contributed by atoms with Gasteiger partial charge in [-0.3, -0.25) is 0 Å². The van der Waals surface area contributed by atoms with Gasteiger partial charge in [0.25, 0.3) is 0 Å². The average molecular weight is 165 g/mol. The van der Waals surface area contributed by atoms with E-state index >= 15 is 0 Å². The maximum absolute atomic E-state index is 3.96. The lowest BCUT2D eigenvalue weighted by Gasteiger charge is -2.16. The smallest absolute Gasteiger partial charge is 0.0358 e. The van der Waals surface area contributed by atoms with Crippen LogP contribution in [0.15, 0.2) is 36.6 Å². The van der Waals surface area contributed by atoms with E-state index in [4.69, 9.17) is 0 Å². The molecule has 0 fully saturated rings. The van der Waals surface area contributed by atoms with Crippen molar-refractivity contribution < 1.29 is 0 Å². The molecule has 0 aliphatic heterocycles. The first-order valence-corrected chi connectivity index (χ1v) is 4.32. The first-order chi connectivity index (χ1) is 5.63. The van der Waals surface area contributed by atoms with E-state index in [1.54, 1.807) is 0 Å². The van der Waals surface area contributed by atoms with Gasteiger partial charge in [-0.2, -0.15) is 0 Å². The summed E-state index contributed by atoms with van der Waals surface area (Å²) in [6, 6.07) is 0. The molecular weight excluding hydrogens is 146 g/mol. The van der Waals surface area contributed by atoms with Gasteiger partial charge in [0.1, 0.15) is 0 Å². The van der Waals surface area contributed by atoms with Gasteiger partial charge in [0.15, 0.2) is 0 Å². The molecule has 1 nitrogen and oxygen atoms in total. The van der Waals surface area contributed by atoms with Gasteiger partial charge in [-0.1, -0.05) is 38.7 Å². The minimum absolute atomic E-state index is 1.03. The molecule has 0 bridgehead atoms. The Morgan fingerprint density at radius 2 is 2.00 bits per heavy atom. The summed E-state index contributed by atoms with van der Waals surface area (Å²) < 4.78 is 0. The number of likely N-dealkylation sites (N-methyl/N-ethyl adjacent to an activating group) is 1. The molecule has 0 aromatic rings. The van der Waals surface area contributed by atoms with Crippen molar-refractivity contribution >= 4 is 0 Å². The highest BCUT2D eigenvalue weighted by molar-refractivity contribution is 5.35. The van der Waals surface area contributed by atoms with Gasteiger partial charge in [-0.25, -0.2) is 0 Å². The number of unbranched alkanes of at least 4 members (excludes halogenated alkanes) is 1. The maximum atomic E-state index is 3.96. The number of hydrogen-bond acceptors (Lipinski definition) is 1. The Labute approximate surface area is 76.1 Å². The van der Waals surface area contributed by atoms with Gasteiger partial charge in [-0.15, -0.1) is 0 Å². The van der Waals surface area contributed by atoms with Gasteiger partial charge >= 0.3 is 0 Å². The molecule has 68 valence electrons. The molecule has 1 heteroatoms. The quantitative estimate of drug-likeness (QED) is 0.566. The first kappa shape index (κ1) is 11.0. The Morgan fingerprint density at radius 3 is 2.33 bits per heavy atom. The second-order valence-electron chi connectivity index (χ2n) is 2.99. The third kappa shape index (κ3) is 3.42. The third-order valence-corrected chi connectivity index (χ3v) is 1.75. The fraction of sp³-hybridized carbons (Fsp3) is 0.455. The van der Waals surface area contributed by atoms with E-state index in [9.17, 15) is 0 Å². The van der Waals surface area contributed by atoms with Crippen molar-refractivity contribution in [3.8, 4) is 0 Å². The molecule has 0 saturated heterocycles. The molecule has 0 spiro atoms. The standard InChI is InChI=1S/C11H19N/c1-6-8-9-11(7-2)10(3)12(4)5/h7,9H,2-3,6,8H2,1,4-5H3/b11-9+. The highest BCUT2D eigenvalue weighted by Gasteiger charge is 1.98.